The molecule has 0 aliphatic rings. The molecule has 0 aliphatic heterocycles. The first kappa shape index (κ1) is 12.8. The molecule has 7 nitrogen and oxygen atoms in total. The number of hydrogen-bond donors (Lipinski definition) is 1. The van der Waals surface area contributed by atoms with Gasteiger partial charge in [-0.05, 0) is 24.3 Å². The highest BCUT2D eigenvalue weighted by atomic mass is 16.6. The van der Waals surface area contributed by atoms with Crippen molar-refractivity contribution in [2.45, 2.75) is 0 Å². The third-order valence-electron chi connectivity index (χ3n) is 2.98. The molecule has 3 aromatic rings. The Kier molecular flexibility index (Phi) is 3.07. The Hall–Kier alpha value is -3.22. The Bertz CT molecular complexity index is 835. The summed E-state index contributed by atoms with van der Waals surface area (Å²) < 4.78 is 6.46. The number of nitrogens with one attached hydrogen (secondary N) is 1. The van der Waals surface area contributed by atoms with Crippen LogP contribution in [0, 0.1) is 15.5 Å². The fourth-order valence-electron chi connectivity index (χ4n) is 1.99. The van der Waals surface area contributed by atoms with Crippen molar-refractivity contribution in [3.8, 4) is 17.1 Å². The molecule has 7 heteroatoms. The van der Waals surface area contributed by atoms with Gasteiger partial charge in [-0.2, -0.15) is 0 Å². The Labute approximate surface area is 118 Å². The van der Waals surface area contributed by atoms with Crippen LogP contribution in [-0.2, 0) is 0 Å². The fraction of sp³-hybridized carbons (Fsp3) is 0. The van der Waals surface area contributed by atoms with Crippen molar-refractivity contribution in [1.29, 1.82) is 5.41 Å². The normalized spacial score (nSPS) is 10.5. The van der Waals surface area contributed by atoms with E-state index in [1.165, 1.54) is 16.7 Å². The van der Waals surface area contributed by atoms with E-state index in [1.54, 1.807) is 12.1 Å². The van der Waals surface area contributed by atoms with E-state index in [1.807, 2.05) is 30.3 Å². The van der Waals surface area contributed by atoms with Gasteiger partial charge in [0.05, 0.1) is 10.6 Å². The molecule has 0 fully saturated rings. The van der Waals surface area contributed by atoms with E-state index in [-0.39, 0.29) is 11.4 Å². The molecule has 0 unspecified atom stereocenters. The Balaban J connectivity index is 2.12. The highest BCUT2D eigenvalue weighted by molar-refractivity contribution is 5.59. The van der Waals surface area contributed by atoms with Crippen LogP contribution in [0.4, 0.5) is 5.69 Å². The van der Waals surface area contributed by atoms with Crippen molar-refractivity contribution in [3.63, 3.8) is 0 Å². The molecule has 0 bridgehead atoms. The van der Waals surface area contributed by atoms with Crippen molar-refractivity contribution < 1.29 is 9.45 Å². The van der Waals surface area contributed by atoms with Gasteiger partial charge >= 0.3 is 5.68 Å². The summed E-state index contributed by atoms with van der Waals surface area (Å²) in [6.45, 7) is 0. The topological polar surface area (TPSA) is 98.0 Å². The van der Waals surface area contributed by atoms with Crippen LogP contribution >= 0.6 is 0 Å². The molecule has 2 aromatic carbocycles. The molecule has 0 aliphatic carbocycles. The quantitative estimate of drug-likeness (QED) is 0.589. The number of rotatable bonds is 3. The number of hydrogen-bond acceptors (Lipinski definition) is 5. The molecule has 1 N–H and O–H groups in total. The van der Waals surface area contributed by atoms with Crippen molar-refractivity contribution in [3.05, 3.63) is 70.4 Å². The van der Waals surface area contributed by atoms with Crippen LogP contribution in [0.5, 0.6) is 0 Å². The molecule has 104 valence electrons. The summed E-state index contributed by atoms with van der Waals surface area (Å²) in [7, 11) is 0. The van der Waals surface area contributed by atoms with E-state index < -0.39 is 4.92 Å². The number of para-hydroxylation sites is 1. The Morgan fingerprint density at radius 1 is 1.10 bits per heavy atom. The zero-order valence-electron chi connectivity index (χ0n) is 10.8. The SMILES string of the molecule is N=c1onc(-c2ccc([N+](=O)[O-])cc2)n1-c1ccccc1. The lowest BCUT2D eigenvalue weighted by Gasteiger charge is -2.04. The first-order valence-electron chi connectivity index (χ1n) is 6.10. The maximum atomic E-state index is 10.7. The molecule has 0 spiro atoms. The van der Waals surface area contributed by atoms with Crippen LogP contribution in [0.1, 0.15) is 0 Å². The highest BCUT2D eigenvalue weighted by Crippen LogP contribution is 2.22. The van der Waals surface area contributed by atoms with Crippen molar-refractivity contribution >= 4 is 5.69 Å². The predicted molar refractivity (Wildman–Crippen MR) is 73.8 cm³/mol. The summed E-state index contributed by atoms with van der Waals surface area (Å²) >= 11 is 0. The maximum Gasteiger partial charge on any atom is 0.325 e. The Morgan fingerprint density at radius 3 is 2.38 bits per heavy atom. The van der Waals surface area contributed by atoms with E-state index in [2.05, 4.69) is 5.16 Å². The van der Waals surface area contributed by atoms with Crippen molar-refractivity contribution in [2.24, 2.45) is 0 Å². The minimum Gasteiger partial charge on any atom is -0.315 e. The molecular weight excluding hydrogens is 272 g/mol. The van der Waals surface area contributed by atoms with Gasteiger partial charge in [-0.15, -0.1) is 0 Å². The van der Waals surface area contributed by atoms with Gasteiger partial charge in [0.15, 0.2) is 5.82 Å². The third-order valence-corrected chi connectivity index (χ3v) is 2.98. The highest BCUT2D eigenvalue weighted by Gasteiger charge is 2.14. The predicted octanol–water partition coefficient (Wildman–Crippen LogP) is 2.52. The lowest BCUT2D eigenvalue weighted by atomic mass is 10.2. The van der Waals surface area contributed by atoms with Gasteiger partial charge in [-0.25, -0.2) is 9.98 Å². The lowest BCUT2D eigenvalue weighted by Crippen LogP contribution is -2.13. The summed E-state index contributed by atoms with van der Waals surface area (Å²) in [6, 6.07) is 15.1. The van der Waals surface area contributed by atoms with Gasteiger partial charge in [0.2, 0.25) is 0 Å². The largest absolute Gasteiger partial charge is 0.325 e. The summed E-state index contributed by atoms with van der Waals surface area (Å²) in [5.74, 6) is 0.418. The number of nitrogens with zero attached hydrogens (tertiary/aromatic N) is 3. The summed E-state index contributed by atoms with van der Waals surface area (Å²) in [5, 5.41) is 22.4. The van der Waals surface area contributed by atoms with Gasteiger partial charge < -0.3 is 4.52 Å². The summed E-state index contributed by atoms with van der Waals surface area (Å²) in [5.41, 5.74) is 1.25. The lowest BCUT2D eigenvalue weighted by molar-refractivity contribution is -0.384. The number of nitro benzene ring substituents is 1. The van der Waals surface area contributed by atoms with Crippen molar-refractivity contribution in [2.75, 3.05) is 0 Å². The van der Waals surface area contributed by atoms with Crippen molar-refractivity contribution in [1.82, 2.24) is 9.72 Å². The number of non-ortho nitro benzene ring substituents is 1. The molecular formula is C14H10N4O3. The molecule has 3 rings (SSSR count). The second kappa shape index (κ2) is 5.04. The number of aromatic nitrogens is 2. The standard InChI is InChI=1S/C14H10N4O3/c15-14-17(11-4-2-1-3-5-11)13(16-21-14)10-6-8-12(9-7-10)18(19)20/h1-9,15H. The zero-order chi connectivity index (χ0) is 14.8. The summed E-state index contributed by atoms with van der Waals surface area (Å²) in [4.78, 5) is 10.2. The maximum absolute atomic E-state index is 10.7. The van der Waals surface area contributed by atoms with E-state index in [0.29, 0.717) is 11.4 Å². The molecule has 1 aromatic heterocycles. The van der Waals surface area contributed by atoms with Crippen LogP contribution in [0.25, 0.3) is 17.1 Å². The Morgan fingerprint density at radius 2 is 1.76 bits per heavy atom. The molecule has 21 heavy (non-hydrogen) atoms. The average Bonchev–Trinajstić information content (AvgIpc) is 2.90. The van der Waals surface area contributed by atoms with E-state index in [0.717, 1.165) is 5.69 Å². The molecule has 0 saturated heterocycles. The van der Waals surface area contributed by atoms with Gasteiger partial charge in [0.1, 0.15) is 0 Å². The minimum absolute atomic E-state index is 0.000368. The molecule has 0 saturated carbocycles. The molecule has 1 heterocycles. The van der Waals surface area contributed by atoms with E-state index in [4.69, 9.17) is 9.93 Å². The van der Waals surface area contributed by atoms with Crippen LogP contribution in [0.15, 0.2) is 59.1 Å². The zero-order valence-corrected chi connectivity index (χ0v) is 10.8. The second-order valence-corrected chi connectivity index (χ2v) is 4.29. The number of benzene rings is 2. The molecule has 0 amide bonds. The van der Waals surface area contributed by atoms with Crippen LogP contribution in [0.3, 0.4) is 0 Å². The first-order valence-corrected chi connectivity index (χ1v) is 6.10. The fourth-order valence-corrected chi connectivity index (χ4v) is 1.99. The number of nitro groups is 1. The van der Waals surface area contributed by atoms with Gasteiger partial charge in [0.25, 0.3) is 5.69 Å². The van der Waals surface area contributed by atoms with Crippen LogP contribution < -0.4 is 5.68 Å². The third kappa shape index (κ3) is 2.32. The van der Waals surface area contributed by atoms with Gasteiger partial charge in [0, 0.05) is 17.7 Å². The second-order valence-electron chi connectivity index (χ2n) is 4.29. The van der Waals surface area contributed by atoms with E-state index >= 15 is 0 Å². The summed E-state index contributed by atoms with van der Waals surface area (Å²) in [6.07, 6.45) is 0. The first-order chi connectivity index (χ1) is 10.2. The molecule has 0 radical (unpaired) electrons. The van der Waals surface area contributed by atoms with Gasteiger partial charge in [-0.1, -0.05) is 23.4 Å². The minimum atomic E-state index is -0.465. The smallest absolute Gasteiger partial charge is 0.315 e. The van der Waals surface area contributed by atoms with Crippen LogP contribution in [-0.4, -0.2) is 14.6 Å². The molecule has 0 atom stereocenters. The van der Waals surface area contributed by atoms with E-state index in [9.17, 15) is 10.1 Å². The monoisotopic (exact) mass is 282 g/mol. The average molecular weight is 282 g/mol. The van der Waals surface area contributed by atoms with Gasteiger partial charge in [-0.3, -0.25) is 10.1 Å². The van der Waals surface area contributed by atoms with Crippen LogP contribution in [0.2, 0.25) is 0 Å².